The van der Waals surface area contributed by atoms with Crippen LogP contribution in [0.4, 0.5) is 0 Å². The van der Waals surface area contributed by atoms with Crippen molar-refractivity contribution < 1.29 is 23.7 Å². The van der Waals surface area contributed by atoms with Crippen molar-refractivity contribution in [2.24, 2.45) is 0 Å². The second kappa shape index (κ2) is 13.2. The lowest BCUT2D eigenvalue weighted by Gasteiger charge is -2.18. The third-order valence-electron chi connectivity index (χ3n) is 5.52. The summed E-state index contributed by atoms with van der Waals surface area (Å²) in [6, 6.07) is 23.7. The molecule has 3 aromatic carbocycles. The van der Waals surface area contributed by atoms with Crippen LogP contribution in [0, 0.1) is 0 Å². The molecule has 3 aromatic rings. The van der Waals surface area contributed by atoms with Crippen LogP contribution < -0.4 is 14.2 Å². The van der Waals surface area contributed by atoms with Crippen molar-refractivity contribution in [2.45, 2.75) is 38.6 Å². The Morgan fingerprint density at radius 2 is 1.56 bits per heavy atom. The fourth-order valence-corrected chi connectivity index (χ4v) is 3.54. The molecule has 34 heavy (non-hydrogen) atoms. The van der Waals surface area contributed by atoms with Gasteiger partial charge in [0.15, 0.2) is 17.3 Å². The quantitative estimate of drug-likeness (QED) is 0.279. The fraction of sp³-hybridized carbons (Fsp3) is 0.276. The van der Waals surface area contributed by atoms with Gasteiger partial charge in [0.05, 0.1) is 26.9 Å². The zero-order valence-electron chi connectivity index (χ0n) is 19.9. The van der Waals surface area contributed by atoms with Crippen LogP contribution in [0.15, 0.2) is 85.5 Å². The molecule has 0 N–H and O–H groups in total. The molecule has 0 unspecified atom stereocenters. The Hall–Kier alpha value is -3.57. The molecule has 1 atom stereocenters. The second-order valence-electron chi connectivity index (χ2n) is 7.95. The SMILES string of the molecule is C=CC(=O)C[C@H](CCc1ccc(OCc2ccccc2)c(OC)c1)OCc1ccc(OC)cc1. The summed E-state index contributed by atoms with van der Waals surface area (Å²) in [6.45, 7) is 4.49. The van der Waals surface area contributed by atoms with Crippen LogP contribution in [-0.4, -0.2) is 26.1 Å². The summed E-state index contributed by atoms with van der Waals surface area (Å²) in [4.78, 5) is 12.0. The summed E-state index contributed by atoms with van der Waals surface area (Å²) in [6.07, 6.45) is 2.88. The predicted molar refractivity (Wildman–Crippen MR) is 133 cm³/mol. The molecule has 0 heterocycles. The predicted octanol–water partition coefficient (Wildman–Crippen LogP) is 5.95. The number of hydrogen-bond donors (Lipinski definition) is 0. The minimum Gasteiger partial charge on any atom is -0.497 e. The van der Waals surface area contributed by atoms with E-state index in [1.807, 2.05) is 72.8 Å². The lowest BCUT2D eigenvalue weighted by molar-refractivity contribution is -0.117. The van der Waals surface area contributed by atoms with Crippen molar-refractivity contribution >= 4 is 5.78 Å². The Morgan fingerprint density at radius 3 is 2.24 bits per heavy atom. The minimum absolute atomic E-state index is 0.0260. The van der Waals surface area contributed by atoms with Crippen LogP contribution in [0.2, 0.25) is 0 Å². The number of hydrogen-bond acceptors (Lipinski definition) is 5. The van der Waals surface area contributed by atoms with E-state index in [0.29, 0.717) is 37.6 Å². The van der Waals surface area contributed by atoms with E-state index in [1.54, 1.807) is 14.2 Å². The Labute approximate surface area is 201 Å². The first-order valence-corrected chi connectivity index (χ1v) is 11.3. The van der Waals surface area contributed by atoms with Gasteiger partial charge in [-0.1, -0.05) is 55.1 Å². The van der Waals surface area contributed by atoms with Gasteiger partial charge in [-0.3, -0.25) is 4.79 Å². The van der Waals surface area contributed by atoms with Crippen LogP contribution in [0.5, 0.6) is 17.2 Å². The molecule has 5 nitrogen and oxygen atoms in total. The number of carbonyl (C=O) groups excluding carboxylic acids is 1. The van der Waals surface area contributed by atoms with E-state index in [1.165, 1.54) is 6.08 Å². The molecule has 5 heteroatoms. The van der Waals surface area contributed by atoms with Crippen LogP contribution in [0.1, 0.15) is 29.5 Å². The molecule has 0 aliphatic rings. The lowest BCUT2D eigenvalue weighted by atomic mass is 10.0. The Morgan fingerprint density at radius 1 is 0.853 bits per heavy atom. The smallest absolute Gasteiger partial charge is 0.161 e. The molecule has 0 aliphatic heterocycles. The normalized spacial score (nSPS) is 11.5. The molecule has 0 fully saturated rings. The molecule has 0 spiro atoms. The molecule has 178 valence electrons. The number of aryl methyl sites for hydroxylation is 1. The maximum Gasteiger partial charge on any atom is 0.161 e. The minimum atomic E-state index is -0.215. The van der Waals surface area contributed by atoms with Gasteiger partial charge in [0.25, 0.3) is 0 Å². The molecular formula is C29H32O5. The van der Waals surface area contributed by atoms with Gasteiger partial charge in [0.2, 0.25) is 0 Å². The Balaban J connectivity index is 1.59. The monoisotopic (exact) mass is 460 g/mol. The highest BCUT2D eigenvalue weighted by atomic mass is 16.5. The Kier molecular flexibility index (Phi) is 9.74. The van der Waals surface area contributed by atoms with E-state index in [0.717, 1.165) is 28.9 Å². The van der Waals surface area contributed by atoms with Gasteiger partial charge in [0, 0.05) is 6.42 Å². The molecule has 0 saturated carbocycles. The van der Waals surface area contributed by atoms with Gasteiger partial charge in [-0.25, -0.2) is 0 Å². The van der Waals surface area contributed by atoms with Crippen molar-refractivity contribution in [1.29, 1.82) is 0 Å². The summed E-state index contributed by atoms with van der Waals surface area (Å²) in [7, 11) is 3.28. The average molecular weight is 461 g/mol. The highest BCUT2D eigenvalue weighted by Crippen LogP contribution is 2.30. The van der Waals surface area contributed by atoms with Crippen molar-refractivity contribution in [3.05, 3.63) is 102 Å². The topological polar surface area (TPSA) is 54.0 Å². The fourth-order valence-electron chi connectivity index (χ4n) is 3.54. The first-order chi connectivity index (χ1) is 16.6. The van der Waals surface area contributed by atoms with Gasteiger partial charge in [0.1, 0.15) is 12.4 Å². The van der Waals surface area contributed by atoms with E-state index in [9.17, 15) is 4.79 Å². The van der Waals surface area contributed by atoms with E-state index >= 15 is 0 Å². The maximum absolute atomic E-state index is 12.0. The largest absolute Gasteiger partial charge is 0.497 e. The van der Waals surface area contributed by atoms with Crippen LogP contribution in [0.3, 0.4) is 0 Å². The van der Waals surface area contributed by atoms with Gasteiger partial charge < -0.3 is 18.9 Å². The second-order valence-corrected chi connectivity index (χ2v) is 7.95. The highest BCUT2D eigenvalue weighted by molar-refractivity contribution is 5.89. The molecule has 0 aliphatic carbocycles. The first-order valence-electron chi connectivity index (χ1n) is 11.3. The lowest BCUT2D eigenvalue weighted by Crippen LogP contribution is -2.18. The number of allylic oxidation sites excluding steroid dienone is 1. The summed E-state index contributed by atoms with van der Waals surface area (Å²) in [5.74, 6) is 2.16. The number of benzene rings is 3. The Bertz CT molecular complexity index is 1040. The molecule has 0 saturated heterocycles. The number of rotatable bonds is 14. The van der Waals surface area contributed by atoms with E-state index < -0.39 is 0 Å². The first kappa shape index (κ1) is 25.1. The third-order valence-corrected chi connectivity index (χ3v) is 5.52. The van der Waals surface area contributed by atoms with Gasteiger partial charge in [-0.2, -0.15) is 0 Å². The molecule has 0 aromatic heterocycles. The number of ketones is 1. The third kappa shape index (κ3) is 7.78. The van der Waals surface area contributed by atoms with Gasteiger partial charge >= 0.3 is 0 Å². The van der Waals surface area contributed by atoms with E-state index in [4.69, 9.17) is 18.9 Å². The number of ether oxygens (including phenoxy) is 4. The zero-order chi connectivity index (χ0) is 24.2. The highest BCUT2D eigenvalue weighted by Gasteiger charge is 2.15. The summed E-state index contributed by atoms with van der Waals surface area (Å²) in [5.41, 5.74) is 3.21. The average Bonchev–Trinajstić information content (AvgIpc) is 2.89. The number of carbonyl (C=O) groups is 1. The molecule has 0 bridgehead atoms. The van der Waals surface area contributed by atoms with Crippen molar-refractivity contribution in [3.8, 4) is 17.2 Å². The van der Waals surface area contributed by atoms with Gasteiger partial charge in [-0.05, 0) is 59.9 Å². The van der Waals surface area contributed by atoms with Crippen molar-refractivity contribution in [2.75, 3.05) is 14.2 Å². The maximum atomic E-state index is 12.0. The van der Waals surface area contributed by atoms with Crippen LogP contribution in [0.25, 0.3) is 0 Å². The molecular weight excluding hydrogens is 428 g/mol. The standard InChI is InChI=1S/C29H32O5/c1-4-25(30)19-27(33-20-24-11-14-26(31-2)15-12-24)16-10-22-13-17-28(29(18-22)32-3)34-21-23-8-6-5-7-9-23/h4-9,11-15,17-18,27H,1,10,16,19-21H2,2-3H3/t27-/m0/s1. The van der Waals surface area contributed by atoms with E-state index in [2.05, 4.69) is 6.58 Å². The summed E-state index contributed by atoms with van der Waals surface area (Å²) >= 11 is 0. The van der Waals surface area contributed by atoms with Gasteiger partial charge in [-0.15, -0.1) is 0 Å². The molecule has 0 amide bonds. The molecule has 0 radical (unpaired) electrons. The van der Waals surface area contributed by atoms with E-state index in [-0.39, 0.29) is 11.9 Å². The summed E-state index contributed by atoms with van der Waals surface area (Å²) in [5, 5.41) is 0. The summed E-state index contributed by atoms with van der Waals surface area (Å²) < 4.78 is 22.8. The zero-order valence-corrected chi connectivity index (χ0v) is 19.9. The number of methoxy groups -OCH3 is 2. The van der Waals surface area contributed by atoms with Crippen molar-refractivity contribution in [3.63, 3.8) is 0 Å². The molecule has 3 rings (SSSR count). The van der Waals surface area contributed by atoms with Crippen LogP contribution in [-0.2, 0) is 29.2 Å². The van der Waals surface area contributed by atoms with Crippen molar-refractivity contribution in [1.82, 2.24) is 0 Å². The van der Waals surface area contributed by atoms with Crippen LogP contribution >= 0.6 is 0 Å².